The number of nitrogens with zero attached hydrogens (tertiary/aromatic N) is 1. The van der Waals surface area contributed by atoms with Gasteiger partial charge in [0, 0.05) is 10.6 Å². The number of carbonyl (C=O) groups excluding carboxylic acids is 1. The third kappa shape index (κ3) is 2.86. The molecule has 1 heterocycles. The monoisotopic (exact) mass is 355 g/mol. The van der Waals surface area contributed by atoms with Gasteiger partial charge in [0.05, 0.1) is 18.4 Å². The number of hydrogen-bond donors (Lipinski definition) is 0. The van der Waals surface area contributed by atoms with Gasteiger partial charge in [0.15, 0.2) is 5.69 Å². The average molecular weight is 356 g/mol. The average Bonchev–Trinajstić information content (AvgIpc) is 3.01. The summed E-state index contributed by atoms with van der Waals surface area (Å²) in [5.74, 6) is -0.725. The first-order valence-electron chi connectivity index (χ1n) is 7.30. The Hall–Kier alpha value is -2.08. The number of ether oxygens (including phenoxy) is 1. The van der Waals surface area contributed by atoms with Crippen LogP contribution in [0.3, 0.4) is 0 Å². The molecule has 1 aromatic heterocycles. The lowest BCUT2D eigenvalue weighted by molar-refractivity contribution is -0.137. The maximum Gasteiger partial charge on any atom is 0.418 e. The lowest BCUT2D eigenvalue weighted by Gasteiger charge is -2.18. The lowest BCUT2D eigenvalue weighted by Crippen LogP contribution is -2.17. The first-order chi connectivity index (χ1) is 11.3. The molecular weight excluding hydrogens is 343 g/mol. The van der Waals surface area contributed by atoms with E-state index in [-0.39, 0.29) is 28.9 Å². The molecule has 7 heteroatoms. The van der Waals surface area contributed by atoms with E-state index < -0.39 is 17.7 Å². The maximum absolute atomic E-state index is 13.7. The Labute approximate surface area is 141 Å². The predicted molar refractivity (Wildman–Crippen MR) is 83.0 cm³/mol. The molecule has 1 aliphatic carbocycles. The first kappa shape index (κ1) is 16.8. The van der Waals surface area contributed by atoms with E-state index >= 15 is 0 Å². The number of pyridine rings is 1. The van der Waals surface area contributed by atoms with Gasteiger partial charge in [-0.3, -0.25) is 0 Å². The molecule has 126 valence electrons. The van der Waals surface area contributed by atoms with Crippen molar-refractivity contribution < 1.29 is 22.7 Å². The van der Waals surface area contributed by atoms with Crippen molar-refractivity contribution in [2.45, 2.75) is 25.4 Å². The van der Waals surface area contributed by atoms with Crippen LogP contribution in [0, 0.1) is 0 Å². The number of esters is 1. The van der Waals surface area contributed by atoms with E-state index in [0.717, 1.165) is 0 Å². The number of rotatable bonds is 2. The number of hydrogen-bond acceptors (Lipinski definition) is 3. The summed E-state index contributed by atoms with van der Waals surface area (Å²) < 4.78 is 45.8. The van der Waals surface area contributed by atoms with Crippen molar-refractivity contribution in [3.63, 3.8) is 0 Å². The molecule has 0 radical (unpaired) electrons. The largest absolute Gasteiger partial charge is 0.464 e. The highest BCUT2D eigenvalue weighted by Crippen LogP contribution is 2.43. The zero-order valence-electron chi connectivity index (χ0n) is 12.7. The van der Waals surface area contributed by atoms with Crippen molar-refractivity contribution in [1.29, 1.82) is 0 Å². The molecular formula is C17H13ClF3NO2. The van der Waals surface area contributed by atoms with E-state index in [2.05, 4.69) is 4.98 Å². The molecule has 0 saturated carbocycles. The quantitative estimate of drug-likeness (QED) is 0.733. The van der Waals surface area contributed by atoms with Gasteiger partial charge in [-0.2, -0.15) is 13.2 Å². The summed E-state index contributed by atoms with van der Waals surface area (Å²) >= 11 is 5.81. The highest BCUT2D eigenvalue weighted by atomic mass is 35.5. The number of alkyl halides is 3. The van der Waals surface area contributed by atoms with Crippen LogP contribution in [0.15, 0.2) is 24.3 Å². The fourth-order valence-corrected chi connectivity index (χ4v) is 3.17. The van der Waals surface area contributed by atoms with Crippen molar-refractivity contribution in [2.24, 2.45) is 0 Å². The predicted octanol–water partition coefficient (Wildman–Crippen LogP) is 4.70. The molecule has 3 rings (SSSR count). The van der Waals surface area contributed by atoms with E-state index in [1.54, 1.807) is 0 Å². The Kier molecular flexibility index (Phi) is 4.25. The molecule has 1 aromatic carbocycles. The van der Waals surface area contributed by atoms with Gasteiger partial charge in [0.2, 0.25) is 0 Å². The zero-order valence-corrected chi connectivity index (χ0v) is 13.5. The highest BCUT2D eigenvalue weighted by Gasteiger charge is 2.41. The van der Waals surface area contributed by atoms with Crippen molar-refractivity contribution in [3.8, 4) is 11.3 Å². The van der Waals surface area contributed by atoms with Crippen molar-refractivity contribution in [2.75, 3.05) is 7.11 Å². The zero-order chi connectivity index (χ0) is 17.5. The molecule has 0 atom stereocenters. The molecule has 0 fully saturated rings. The molecule has 0 spiro atoms. The van der Waals surface area contributed by atoms with Crippen LogP contribution in [0.1, 0.15) is 33.6 Å². The van der Waals surface area contributed by atoms with Crippen LogP contribution in [-0.2, 0) is 23.8 Å². The number of fused-ring (bicyclic) bond motifs is 1. The third-order valence-corrected chi connectivity index (χ3v) is 4.30. The van der Waals surface area contributed by atoms with Gasteiger partial charge in [-0.05, 0) is 42.5 Å². The van der Waals surface area contributed by atoms with E-state index in [1.807, 2.05) is 0 Å². The summed E-state index contributed by atoms with van der Waals surface area (Å²) in [5.41, 5.74) is -0.338. The maximum atomic E-state index is 13.7. The van der Waals surface area contributed by atoms with Crippen LogP contribution in [0.4, 0.5) is 13.2 Å². The molecule has 0 bridgehead atoms. The Bertz CT molecular complexity index is 801. The molecule has 1 aliphatic rings. The van der Waals surface area contributed by atoms with E-state index in [9.17, 15) is 18.0 Å². The normalized spacial score (nSPS) is 13.7. The van der Waals surface area contributed by atoms with Gasteiger partial charge in [-0.15, -0.1) is 0 Å². The minimum atomic E-state index is -4.56. The van der Waals surface area contributed by atoms with E-state index in [1.165, 1.54) is 31.4 Å². The summed E-state index contributed by atoms with van der Waals surface area (Å²) in [6.45, 7) is 0. The smallest absolute Gasteiger partial charge is 0.418 e. The fourth-order valence-electron chi connectivity index (χ4n) is 3.05. The molecule has 0 aliphatic heterocycles. The summed E-state index contributed by atoms with van der Waals surface area (Å²) in [4.78, 5) is 16.0. The minimum Gasteiger partial charge on any atom is -0.464 e. The second-order valence-electron chi connectivity index (χ2n) is 5.49. The number of carbonyl (C=O) groups is 1. The second kappa shape index (κ2) is 6.09. The standard InChI is InChI=1S/C17H13ClF3NO2/c1-24-16(23)15-12-4-2-3-11(12)13(17(19,20)21)14(22-15)9-5-7-10(18)8-6-9/h5-8H,2-4H2,1H3. The molecule has 2 aromatic rings. The molecule has 3 nitrogen and oxygen atoms in total. The Balaban J connectivity index is 2.33. The summed E-state index contributed by atoms with van der Waals surface area (Å²) in [5, 5.41) is 0.404. The molecule has 0 unspecified atom stereocenters. The number of halogens is 4. The van der Waals surface area contributed by atoms with Gasteiger partial charge in [0.1, 0.15) is 0 Å². The van der Waals surface area contributed by atoms with Crippen LogP contribution in [0.2, 0.25) is 5.02 Å². The lowest BCUT2D eigenvalue weighted by atomic mass is 9.96. The van der Waals surface area contributed by atoms with Gasteiger partial charge in [-0.1, -0.05) is 23.7 Å². The van der Waals surface area contributed by atoms with Crippen molar-refractivity contribution in [3.05, 3.63) is 51.7 Å². The van der Waals surface area contributed by atoms with Gasteiger partial charge >= 0.3 is 12.1 Å². The Morgan fingerprint density at radius 3 is 2.38 bits per heavy atom. The Morgan fingerprint density at radius 2 is 1.79 bits per heavy atom. The summed E-state index contributed by atoms with van der Waals surface area (Å²) in [6, 6.07) is 5.90. The minimum absolute atomic E-state index is 0.0389. The molecule has 0 N–H and O–H groups in total. The van der Waals surface area contributed by atoms with Crippen molar-refractivity contribution >= 4 is 17.6 Å². The Morgan fingerprint density at radius 1 is 1.17 bits per heavy atom. The van der Waals surface area contributed by atoms with Crippen LogP contribution < -0.4 is 0 Å². The van der Waals surface area contributed by atoms with Crippen LogP contribution in [-0.4, -0.2) is 18.1 Å². The number of benzene rings is 1. The SMILES string of the molecule is COC(=O)c1nc(-c2ccc(Cl)cc2)c(C(F)(F)F)c2c1CCC2. The molecule has 24 heavy (non-hydrogen) atoms. The van der Waals surface area contributed by atoms with E-state index in [0.29, 0.717) is 23.4 Å². The van der Waals surface area contributed by atoms with Gasteiger partial charge in [-0.25, -0.2) is 9.78 Å². The number of methoxy groups -OCH3 is 1. The van der Waals surface area contributed by atoms with E-state index in [4.69, 9.17) is 16.3 Å². The van der Waals surface area contributed by atoms with Crippen molar-refractivity contribution in [1.82, 2.24) is 4.98 Å². The third-order valence-electron chi connectivity index (χ3n) is 4.05. The van der Waals surface area contributed by atoms with Crippen LogP contribution in [0.5, 0.6) is 0 Å². The van der Waals surface area contributed by atoms with Crippen LogP contribution >= 0.6 is 11.6 Å². The fraction of sp³-hybridized carbons (Fsp3) is 0.294. The first-order valence-corrected chi connectivity index (χ1v) is 7.68. The summed E-state index contributed by atoms with van der Waals surface area (Å²) in [6.07, 6.45) is -3.37. The molecule has 0 amide bonds. The summed E-state index contributed by atoms with van der Waals surface area (Å²) in [7, 11) is 1.19. The topological polar surface area (TPSA) is 39.2 Å². The molecule has 0 saturated heterocycles. The van der Waals surface area contributed by atoms with Gasteiger partial charge < -0.3 is 4.74 Å². The highest BCUT2D eigenvalue weighted by molar-refractivity contribution is 6.30. The van der Waals surface area contributed by atoms with Crippen LogP contribution in [0.25, 0.3) is 11.3 Å². The van der Waals surface area contributed by atoms with Gasteiger partial charge in [0.25, 0.3) is 0 Å². The number of aromatic nitrogens is 1. The second-order valence-corrected chi connectivity index (χ2v) is 5.93.